The lowest BCUT2D eigenvalue weighted by molar-refractivity contribution is 0.203. The zero-order chi connectivity index (χ0) is 18.8. The maximum Gasteiger partial charge on any atom is 0.231 e. The van der Waals surface area contributed by atoms with E-state index in [0.29, 0.717) is 23.9 Å². The second-order valence-corrected chi connectivity index (χ2v) is 7.09. The summed E-state index contributed by atoms with van der Waals surface area (Å²) >= 11 is 0. The Hall–Kier alpha value is -2.73. The molecule has 4 rings (SSSR count). The first-order chi connectivity index (χ1) is 13.1. The molecule has 2 aliphatic heterocycles. The molecule has 2 heterocycles. The fourth-order valence-corrected chi connectivity index (χ4v) is 3.35. The highest BCUT2D eigenvalue weighted by molar-refractivity contribution is 5.88. The summed E-state index contributed by atoms with van der Waals surface area (Å²) in [5, 5.41) is 10.5. The van der Waals surface area contributed by atoms with Crippen molar-refractivity contribution in [3.63, 3.8) is 0 Å². The molecule has 142 valence electrons. The molecular formula is C21H25N3O3. The Morgan fingerprint density at radius 2 is 1.89 bits per heavy atom. The Morgan fingerprint density at radius 3 is 2.63 bits per heavy atom. The van der Waals surface area contributed by atoms with Crippen LogP contribution in [-0.4, -0.2) is 55.2 Å². The maximum atomic E-state index is 10.5. The van der Waals surface area contributed by atoms with Gasteiger partial charge in [-0.2, -0.15) is 0 Å². The van der Waals surface area contributed by atoms with Gasteiger partial charge in [-0.15, -0.1) is 0 Å². The van der Waals surface area contributed by atoms with Gasteiger partial charge in [0.05, 0.1) is 0 Å². The number of aromatic hydroxyl groups is 1. The topological polar surface area (TPSA) is 57.5 Å². The number of phenols is 1. The quantitative estimate of drug-likeness (QED) is 0.903. The molecule has 0 bridgehead atoms. The van der Waals surface area contributed by atoms with E-state index in [4.69, 9.17) is 9.47 Å². The van der Waals surface area contributed by atoms with Crippen molar-refractivity contribution in [3.05, 3.63) is 48.0 Å². The van der Waals surface area contributed by atoms with Crippen molar-refractivity contribution in [2.75, 3.05) is 38.1 Å². The van der Waals surface area contributed by atoms with Gasteiger partial charge >= 0.3 is 0 Å². The summed E-state index contributed by atoms with van der Waals surface area (Å²) in [4.78, 5) is 9.09. The van der Waals surface area contributed by atoms with Gasteiger partial charge in [-0.05, 0) is 19.5 Å². The van der Waals surface area contributed by atoms with Crippen LogP contribution < -0.4 is 9.64 Å². The molecule has 1 atom stereocenters. The first kappa shape index (κ1) is 17.7. The van der Waals surface area contributed by atoms with Crippen LogP contribution >= 0.6 is 0 Å². The van der Waals surface area contributed by atoms with E-state index in [1.807, 2.05) is 43.3 Å². The summed E-state index contributed by atoms with van der Waals surface area (Å²) in [5.41, 5.74) is 2.47. The van der Waals surface area contributed by atoms with Gasteiger partial charge in [-0.3, -0.25) is 0 Å². The monoisotopic (exact) mass is 367 g/mol. The van der Waals surface area contributed by atoms with E-state index in [1.54, 1.807) is 6.07 Å². The highest BCUT2D eigenvalue weighted by Gasteiger charge is 2.26. The van der Waals surface area contributed by atoms with Crippen molar-refractivity contribution in [2.45, 2.75) is 19.6 Å². The molecule has 1 saturated heterocycles. The standard InChI is InChI=1S/C21H25N3O3/c1-15-21(26-14-16-6-4-3-5-7-16)22-20-18(25)12-17(13-19(20)27-15)24-10-8-23(2)9-11-24/h3-7,12-13,15,25H,8-11,14H2,1-2H3. The lowest BCUT2D eigenvalue weighted by Crippen LogP contribution is -2.44. The highest BCUT2D eigenvalue weighted by atomic mass is 16.5. The summed E-state index contributed by atoms with van der Waals surface area (Å²) in [6.07, 6.45) is -0.302. The third-order valence-electron chi connectivity index (χ3n) is 5.01. The van der Waals surface area contributed by atoms with Crippen molar-refractivity contribution in [1.82, 2.24) is 4.90 Å². The summed E-state index contributed by atoms with van der Waals surface area (Å²) in [5.74, 6) is 1.20. The number of phenolic OH excluding ortho intramolecular Hbond substituents is 1. The average Bonchev–Trinajstić information content (AvgIpc) is 2.68. The van der Waals surface area contributed by atoms with Crippen LogP contribution in [0.2, 0.25) is 0 Å². The molecule has 0 saturated carbocycles. The number of rotatable bonds is 3. The molecule has 0 aliphatic carbocycles. The van der Waals surface area contributed by atoms with Gasteiger partial charge in [-0.1, -0.05) is 30.3 Å². The smallest absolute Gasteiger partial charge is 0.231 e. The van der Waals surface area contributed by atoms with Gasteiger partial charge in [0.15, 0.2) is 17.5 Å². The molecule has 0 radical (unpaired) electrons. The van der Waals surface area contributed by atoms with Gasteiger partial charge < -0.3 is 24.4 Å². The van der Waals surface area contributed by atoms with E-state index < -0.39 is 0 Å². The molecule has 2 aliphatic rings. The molecule has 0 spiro atoms. The number of hydrogen-bond donors (Lipinski definition) is 1. The Bertz CT molecular complexity index is 830. The molecule has 27 heavy (non-hydrogen) atoms. The number of aliphatic imine (C=N–C) groups is 1. The van der Waals surface area contributed by atoms with Crippen LogP contribution in [0.3, 0.4) is 0 Å². The first-order valence-corrected chi connectivity index (χ1v) is 9.32. The molecule has 6 heteroatoms. The number of anilines is 1. The predicted molar refractivity (Wildman–Crippen MR) is 106 cm³/mol. The Labute approximate surface area is 159 Å². The highest BCUT2D eigenvalue weighted by Crippen LogP contribution is 2.43. The van der Waals surface area contributed by atoms with Crippen LogP contribution in [0, 0.1) is 0 Å². The normalized spacial score (nSPS) is 19.9. The zero-order valence-corrected chi connectivity index (χ0v) is 15.8. The lowest BCUT2D eigenvalue weighted by Gasteiger charge is -2.34. The summed E-state index contributed by atoms with van der Waals surface area (Å²) in [7, 11) is 2.12. The number of likely N-dealkylation sites (N-methyl/N-ethyl adjacent to an activating group) is 1. The Morgan fingerprint density at radius 1 is 1.15 bits per heavy atom. The minimum Gasteiger partial charge on any atom is -0.505 e. The molecule has 2 aromatic rings. The van der Waals surface area contributed by atoms with Crippen LogP contribution in [0.4, 0.5) is 11.4 Å². The van der Waals surface area contributed by atoms with Crippen LogP contribution in [0.1, 0.15) is 12.5 Å². The van der Waals surface area contributed by atoms with Crippen molar-refractivity contribution in [1.29, 1.82) is 0 Å². The fraction of sp³-hybridized carbons (Fsp3) is 0.381. The second kappa shape index (κ2) is 7.48. The third-order valence-corrected chi connectivity index (χ3v) is 5.01. The minimum absolute atomic E-state index is 0.120. The second-order valence-electron chi connectivity index (χ2n) is 7.09. The van der Waals surface area contributed by atoms with Crippen molar-refractivity contribution >= 4 is 17.3 Å². The van der Waals surface area contributed by atoms with Crippen molar-refractivity contribution in [2.24, 2.45) is 4.99 Å². The average molecular weight is 367 g/mol. The SMILES string of the molecule is CC1Oc2cc(N3CCN(C)CC3)cc(O)c2N=C1OCc1ccccc1. The predicted octanol–water partition coefficient (Wildman–Crippen LogP) is 3.17. The third kappa shape index (κ3) is 3.85. The van der Waals surface area contributed by atoms with Gasteiger partial charge in [0, 0.05) is 44.0 Å². The number of ether oxygens (including phenoxy) is 2. The van der Waals surface area contributed by atoms with Crippen LogP contribution in [0.5, 0.6) is 11.5 Å². The summed E-state index contributed by atoms with van der Waals surface area (Å²) < 4.78 is 11.9. The van der Waals surface area contributed by atoms with E-state index in [-0.39, 0.29) is 11.9 Å². The number of piperazine rings is 1. The Kier molecular flexibility index (Phi) is 4.90. The number of nitrogens with zero attached hydrogens (tertiary/aromatic N) is 3. The van der Waals surface area contributed by atoms with Crippen LogP contribution in [0.25, 0.3) is 0 Å². The first-order valence-electron chi connectivity index (χ1n) is 9.32. The number of fused-ring (bicyclic) bond motifs is 1. The fourth-order valence-electron chi connectivity index (χ4n) is 3.35. The number of benzene rings is 2. The van der Waals surface area contributed by atoms with Gasteiger partial charge in [0.2, 0.25) is 5.90 Å². The molecule has 1 fully saturated rings. The minimum atomic E-state index is -0.302. The van der Waals surface area contributed by atoms with Crippen LogP contribution in [0.15, 0.2) is 47.5 Å². The van der Waals surface area contributed by atoms with Gasteiger partial charge in [-0.25, -0.2) is 4.99 Å². The van der Waals surface area contributed by atoms with E-state index in [9.17, 15) is 5.11 Å². The van der Waals surface area contributed by atoms with E-state index in [1.165, 1.54) is 0 Å². The largest absolute Gasteiger partial charge is 0.505 e. The molecule has 0 amide bonds. The van der Waals surface area contributed by atoms with Gasteiger partial charge in [0.25, 0.3) is 0 Å². The van der Waals surface area contributed by atoms with E-state index >= 15 is 0 Å². The van der Waals surface area contributed by atoms with E-state index in [2.05, 4.69) is 21.8 Å². The zero-order valence-electron chi connectivity index (χ0n) is 15.8. The Balaban J connectivity index is 1.54. The molecule has 2 aromatic carbocycles. The van der Waals surface area contributed by atoms with Gasteiger partial charge in [0.1, 0.15) is 12.4 Å². The molecule has 1 N–H and O–H groups in total. The lowest BCUT2D eigenvalue weighted by atomic mass is 10.1. The molecule has 1 unspecified atom stereocenters. The maximum absolute atomic E-state index is 10.5. The molecular weight excluding hydrogens is 342 g/mol. The molecule has 6 nitrogen and oxygen atoms in total. The number of hydrogen-bond acceptors (Lipinski definition) is 6. The molecule has 0 aromatic heterocycles. The van der Waals surface area contributed by atoms with Crippen molar-refractivity contribution in [3.8, 4) is 11.5 Å². The summed E-state index contributed by atoms with van der Waals surface area (Å²) in [6, 6.07) is 13.7. The van der Waals surface area contributed by atoms with Crippen LogP contribution in [-0.2, 0) is 11.3 Å². The van der Waals surface area contributed by atoms with E-state index in [0.717, 1.165) is 37.4 Å². The van der Waals surface area contributed by atoms with Crippen molar-refractivity contribution < 1.29 is 14.6 Å². The summed E-state index contributed by atoms with van der Waals surface area (Å²) in [6.45, 7) is 6.20.